The number of methoxy groups -OCH3 is 2. The Bertz CT molecular complexity index is 1630. The molecule has 4 aromatic carbocycles. The normalized spacial score (nSPS) is 11.7. The van der Waals surface area contributed by atoms with Crippen molar-refractivity contribution in [3.05, 3.63) is 120 Å². The van der Waals surface area contributed by atoms with Crippen LogP contribution in [0.2, 0.25) is 0 Å². The highest BCUT2D eigenvalue weighted by Crippen LogP contribution is 2.32. The molecule has 0 radical (unpaired) electrons. The molecule has 0 aliphatic rings. The van der Waals surface area contributed by atoms with Gasteiger partial charge >= 0.3 is 0 Å². The summed E-state index contributed by atoms with van der Waals surface area (Å²) in [5, 5.41) is 2.86. The zero-order valence-corrected chi connectivity index (χ0v) is 25.9. The lowest BCUT2D eigenvalue weighted by molar-refractivity contribution is -0.140. The summed E-state index contributed by atoms with van der Waals surface area (Å²) in [4.78, 5) is 29.3. The number of ether oxygens (including phenoxy) is 2. The van der Waals surface area contributed by atoms with Gasteiger partial charge in [-0.2, -0.15) is 0 Å². The standard InChI is InChI=1S/C34H37N3O6S/c1-4-35-34(39)30(22-26-14-8-5-9-15-26)36(24-27-16-10-6-11-17-27)33(38)25-37(28-18-12-7-13-19-28)44(40,41)29-20-21-31(42-2)32(23-29)43-3/h5-21,23,30H,4,22,24-25H2,1-3H3,(H,35,39)/t30-/m1/s1. The molecule has 0 saturated heterocycles. The second-order valence-electron chi connectivity index (χ2n) is 9.97. The first-order chi connectivity index (χ1) is 21.3. The maximum absolute atomic E-state index is 14.4. The van der Waals surface area contributed by atoms with Crippen LogP contribution in [0.1, 0.15) is 18.1 Å². The highest BCUT2D eigenvalue weighted by Gasteiger charge is 2.34. The zero-order chi connectivity index (χ0) is 31.5. The average molecular weight is 616 g/mol. The number of sulfonamides is 1. The van der Waals surface area contributed by atoms with Crippen molar-refractivity contribution >= 4 is 27.5 Å². The number of nitrogens with zero attached hydrogens (tertiary/aromatic N) is 2. The molecule has 230 valence electrons. The maximum Gasteiger partial charge on any atom is 0.264 e. The van der Waals surface area contributed by atoms with Gasteiger partial charge in [0.15, 0.2) is 11.5 Å². The summed E-state index contributed by atoms with van der Waals surface area (Å²) in [5.74, 6) is -0.255. The molecule has 0 heterocycles. The Labute approximate surface area is 259 Å². The lowest BCUT2D eigenvalue weighted by atomic mass is 10.0. The Hall–Kier alpha value is -4.83. The van der Waals surface area contributed by atoms with E-state index in [0.29, 0.717) is 18.0 Å². The molecule has 1 N–H and O–H groups in total. The van der Waals surface area contributed by atoms with Gasteiger partial charge in [-0.05, 0) is 42.3 Å². The second-order valence-corrected chi connectivity index (χ2v) is 11.8. The van der Waals surface area contributed by atoms with Crippen LogP contribution in [0, 0.1) is 0 Å². The van der Waals surface area contributed by atoms with Gasteiger partial charge in [0.2, 0.25) is 11.8 Å². The van der Waals surface area contributed by atoms with Gasteiger partial charge in [-0.25, -0.2) is 8.42 Å². The van der Waals surface area contributed by atoms with Gasteiger partial charge in [-0.15, -0.1) is 0 Å². The Morgan fingerprint density at radius 2 is 1.34 bits per heavy atom. The summed E-state index contributed by atoms with van der Waals surface area (Å²) in [5.41, 5.74) is 1.97. The fourth-order valence-electron chi connectivity index (χ4n) is 4.85. The number of amides is 2. The highest BCUT2D eigenvalue weighted by molar-refractivity contribution is 7.92. The lowest BCUT2D eigenvalue weighted by Gasteiger charge is -2.33. The van der Waals surface area contributed by atoms with Crippen LogP contribution < -0.4 is 19.1 Å². The van der Waals surface area contributed by atoms with E-state index >= 15 is 0 Å². The smallest absolute Gasteiger partial charge is 0.264 e. The number of carbonyl (C=O) groups excluding carboxylic acids is 2. The van der Waals surface area contributed by atoms with Gasteiger partial charge in [0.1, 0.15) is 12.6 Å². The predicted octanol–water partition coefficient (Wildman–Crippen LogP) is 4.68. The van der Waals surface area contributed by atoms with Crippen molar-refractivity contribution in [3.8, 4) is 11.5 Å². The zero-order valence-electron chi connectivity index (χ0n) is 25.1. The Kier molecular flexibility index (Phi) is 11.0. The number of hydrogen-bond donors (Lipinski definition) is 1. The van der Waals surface area contributed by atoms with Crippen LogP contribution in [0.3, 0.4) is 0 Å². The minimum absolute atomic E-state index is 0.0778. The van der Waals surface area contributed by atoms with E-state index in [1.807, 2.05) is 67.6 Å². The van der Waals surface area contributed by atoms with E-state index < -0.39 is 28.5 Å². The maximum atomic E-state index is 14.4. The Morgan fingerprint density at radius 1 is 0.773 bits per heavy atom. The monoisotopic (exact) mass is 615 g/mol. The summed E-state index contributed by atoms with van der Waals surface area (Å²) >= 11 is 0. The van der Waals surface area contributed by atoms with E-state index in [1.54, 1.807) is 30.3 Å². The molecular weight excluding hydrogens is 578 g/mol. The van der Waals surface area contributed by atoms with E-state index in [4.69, 9.17) is 9.47 Å². The van der Waals surface area contributed by atoms with Crippen molar-refractivity contribution in [2.45, 2.75) is 30.8 Å². The van der Waals surface area contributed by atoms with Crippen molar-refractivity contribution in [2.75, 3.05) is 31.6 Å². The van der Waals surface area contributed by atoms with Crippen molar-refractivity contribution in [3.63, 3.8) is 0 Å². The molecule has 0 aromatic heterocycles. The highest BCUT2D eigenvalue weighted by atomic mass is 32.2. The van der Waals surface area contributed by atoms with Crippen molar-refractivity contribution in [1.29, 1.82) is 0 Å². The van der Waals surface area contributed by atoms with Gasteiger partial charge in [-0.3, -0.25) is 13.9 Å². The van der Waals surface area contributed by atoms with E-state index in [2.05, 4.69) is 5.32 Å². The number of anilines is 1. The summed E-state index contributed by atoms with van der Waals surface area (Å²) in [6.45, 7) is 1.75. The molecule has 0 aliphatic heterocycles. The molecule has 0 unspecified atom stereocenters. The molecule has 4 rings (SSSR count). The number of carbonyl (C=O) groups is 2. The predicted molar refractivity (Wildman–Crippen MR) is 170 cm³/mol. The van der Waals surface area contributed by atoms with Crippen molar-refractivity contribution in [2.24, 2.45) is 0 Å². The minimum atomic E-state index is -4.28. The van der Waals surface area contributed by atoms with Gasteiger partial charge in [0.05, 0.1) is 24.8 Å². The Balaban J connectivity index is 1.78. The van der Waals surface area contributed by atoms with Crippen LogP contribution in [0.5, 0.6) is 11.5 Å². The SMILES string of the molecule is CCNC(=O)[C@@H](Cc1ccccc1)N(Cc1ccccc1)C(=O)CN(c1ccccc1)S(=O)(=O)c1ccc(OC)c(OC)c1. The molecule has 4 aromatic rings. The number of hydrogen-bond acceptors (Lipinski definition) is 6. The third kappa shape index (κ3) is 7.76. The van der Waals surface area contributed by atoms with Crippen LogP contribution in [0.15, 0.2) is 114 Å². The van der Waals surface area contributed by atoms with Gasteiger partial charge in [-0.1, -0.05) is 78.9 Å². The molecule has 0 aliphatic carbocycles. The number of likely N-dealkylation sites (N-methyl/N-ethyl adjacent to an activating group) is 1. The summed E-state index contributed by atoms with van der Waals surface area (Å²) in [6, 6.07) is 30.5. The fourth-order valence-corrected chi connectivity index (χ4v) is 6.28. The molecule has 1 atom stereocenters. The first-order valence-corrected chi connectivity index (χ1v) is 15.7. The Morgan fingerprint density at radius 3 is 1.91 bits per heavy atom. The van der Waals surface area contributed by atoms with E-state index in [1.165, 1.54) is 37.3 Å². The fraction of sp³-hybridized carbons (Fsp3) is 0.235. The molecular formula is C34H37N3O6S. The summed E-state index contributed by atoms with van der Waals surface area (Å²) in [6.07, 6.45) is 0.249. The van der Waals surface area contributed by atoms with Crippen LogP contribution in [0.4, 0.5) is 5.69 Å². The third-order valence-electron chi connectivity index (χ3n) is 7.08. The number of para-hydroxylation sites is 1. The van der Waals surface area contributed by atoms with Gasteiger partial charge in [0, 0.05) is 25.6 Å². The average Bonchev–Trinajstić information content (AvgIpc) is 3.06. The number of nitrogens with one attached hydrogen (secondary N) is 1. The van der Waals surface area contributed by atoms with Crippen LogP contribution in [-0.4, -0.2) is 58.5 Å². The summed E-state index contributed by atoms with van der Waals surface area (Å²) < 4.78 is 40.1. The first kappa shape index (κ1) is 32.1. The molecule has 44 heavy (non-hydrogen) atoms. The van der Waals surface area contributed by atoms with Crippen molar-refractivity contribution in [1.82, 2.24) is 10.2 Å². The number of rotatable bonds is 14. The lowest BCUT2D eigenvalue weighted by Crippen LogP contribution is -2.53. The molecule has 2 amide bonds. The largest absolute Gasteiger partial charge is 0.493 e. The van der Waals surface area contributed by atoms with Crippen LogP contribution in [-0.2, 0) is 32.6 Å². The molecule has 10 heteroatoms. The minimum Gasteiger partial charge on any atom is -0.493 e. The quantitative estimate of drug-likeness (QED) is 0.221. The molecule has 0 bridgehead atoms. The van der Waals surface area contributed by atoms with Crippen LogP contribution >= 0.6 is 0 Å². The topological polar surface area (TPSA) is 105 Å². The van der Waals surface area contributed by atoms with Crippen LogP contribution in [0.25, 0.3) is 0 Å². The first-order valence-electron chi connectivity index (χ1n) is 14.2. The van der Waals surface area contributed by atoms with E-state index in [9.17, 15) is 18.0 Å². The van der Waals surface area contributed by atoms with Gasteiger partial charge in [0.25, 0.3) is 10.0 Å². The molecule has 0 spiro atoms. The van der Waals surface area contributed by atoms with E-state index in [0.717, 1.165) is 15.4 Å². The second kappa shape index (κ2) is 15.1. The third-order valence-corrected chi connectivity index (χ3v) is 8.85. The molecule has 9 nitrogen and oxygen atoms in total. The summed E-state index contributed by atoms with van der Waals surface area (Å²) in [7, 11) is -1.40. The van der Waals surface area contributed by atoms with Gasteiger partial charge < -0.3 is 19.7 Å². The molecule has 0 saturated carbocycles. The molecule has 0 fully saturated rings. The van der Waals surface area contributed by atoms with E-state index in [-0.39, 0.29) is 29.5 Å². The van der Waals surface area contributed by atoms with Crippen molar-refractivity contribution < 1.29 is 27.5 Å². The number of benzene rings is 4.